The molecule has 1 rings (SSSR count). The largest absolute Gasteiger partial charge is 0.388 e. The molecule has 0 saturated heterocycles. The maximum Gasteiger partial charge on any atom is 0.0818 e. The Balaban J connectivity index is 2.78. The van der Waals surface area contributed by atoms with E-state index >= 15 is 0 Å². The van der Waals surface area contributed by atoms with E-state index in [1.165, 1.54) is 18.4 Å². The summed E-state index contributed by atoms with van der Waals surface area (Å²) < 4.78 is 0. The van der Waals surface area contributed by atoms with E-state index in [-0.39, 0.29) is 11.5 Å². The van der Waals surface area contributed by atoms with Crippen LogP contribution in [0.5, 0.6) is 0 Å². The number of aliphatic hydroxyl groups excluding tert-OH is 1. The fourth-order valence-electron chi connectivity index (χ4n) is 2.50. The van der Waals surface area contributed by atoms with Crippen molar-refractivity contribution in [3.8, 4) is 0 Å². The Morgan fingerprint density at radius 1 is 1.05 bits per heavy atom. The molecule has 1 heteroatoms. The van der Waals surface area contributed by atoms with E-state index in [4.69, 9.17) is 0 Å². The third-order valence-corrected chi connectivity index (χ3v) is 4.02. The summed E-state index contributed by atoms with van der Waals surface area (Å²) in [6.45, 7) is 11.0. The second-order valence-electron chi connectivity index (χ2n) is 6.63. The Morgan fingerprint density at radius 2 is 1.63 bits per heavy atom. The molecule has 2 unspecified atom stereocenters. The summed E-state index contributed by atoms with van der Waals surface area (Å²) in [4.78, 5) is 0. The summed E-state index contributed by atoms with van der Waals surface area (Å²) in [5.74, 6) is 0.389. The van der Waals surface area contributed by atoms with Gasteiger partial charge in [-0.2, -0.15) is 0 Å². The maximum atomic E-state index is 10.5. The molecule has 1 aromatic carbocycles. The SMILES string of the molecule is CCCCC(CC)C(O)c1ccc(C(C)(C)C)cc1. The van der Waals surface area contributed by atoms with Gasteiger partial charge in [-0.05, 0) is 28.9 Å². The van der Waals surface area contributed by atoms with Crippen molar-refractivity contribution in [3.63, 3.8) is 0 Å². The van der Waals surface area contributed by atoms with E-state index in [1.54, 1.807) is 0 Å². The van der Waals surface area contributed by atoms with Crippen molar-refractivity contribution in [2.45, 2.75) is 71.8 Å². The number of aliphatic hydroxyl groups is 1. The third-order valence-electron chi connectivity index (χ3n) is 4.02. The lowest BCUT2D eigenvalue weighted by Crippen LogP contribution is -2.14. The normalized spacial score (nSPS) is 15.3. The number of unbranched alkanes of at least 4 members (excludes halogenated alkanes) is 1. The van der Waals surface area contributed by atoms with Crippen LogP contribution in [0.15, 0.2) is 24.3 Å². The molecule has 0 bridgehead atoms. The van der Waals surface area contributed by atoms with Crippen LogP contribution in [0.2, 0.25) is 0 Å². The number of hydrogen-bond donors (Lipinski definition) is 1. The maximum absolute atomic E-state index is 10.5. The van der Waals surface area contributed by atoms with Crippen LogP contribution in [-0.4, -0.2) is 5.11 Å². The van der Waals surface area contributed by atoms with E-state index in [0.29, 0.717) is 5.92 Å². The topological polar surface area (TPSA) is 20.2 Å². The van der Waals surface area contributed by atoms with E-state index in [1.807, 2.05) is 0 Å². The van der Waals surface area contributed by atoms with Gasteiger partial charge in [-0.3, -0.25) is 0 Å². The molecule has 1 nitrogen and oxygen atoms in total. The van der Waals surface area contributed by atoms with Crippen molar-refractivity contribution in [1.82, 2.24) is 0 Å². The van der Waals surface area contributed by atoms with Crippen molar-refractivity contribution >= 4 is 0 Å². The number of rotatable bonds is 6. The zero-order valence-electron chi connectivity index (χ0n) is 13.2. The minimum Gasteiger partial charge on any atom is -0.388 e. The molecule has 0 aromatic heterocycles. The first-order valence-corrected chi connectivity index (χ1v) is 7.68. The Kier molecular flexibility index (Phi) is 6.06. The summed E-state index contributed by atoms with van der Waals surface area (Å²) >= 11 is 0. The molecule has 0 aliphatic rings. The van der Waals surface area contributed by atoms with Crippen LogP contribution in [0.3, 0.4) is 0 Å². The van der Waals surface area contributed by atoms with Crippen molar-refractivity contribution < 1.29 is 5.11 Å². The molecule has 0 aliphatic heterocycles. The summed E-state index contributed by atoms with van der Waals surface area (Å²) in [5.41, 5.74) is 2.57. The molecule has 0 radical (unpaired) electrons. The molecule has 1 aromatic rings. The van der Waals surface area contributed by atoms with Gasteiger partial charge in [0.15, 0.2) is 0 Å². The molecule has 0 fully saturated rings. The molecule has 0 heterocycles. The van der Waals surface area contributed by atoms with Gasteiger partial charge in [0, 0.05) is 0 Å². The van der Waals surface area contributed by atoms with E-state index in [2.05, 4.69) is 58.9 Å². The molecular formula is C18H30O. The van der Waals surface area contributed by atoms with Crippen molar-refractivity contribution in [2.24, 2.45) is 5.92 Å². The molecule has 0 amide bonds. The first kappa shape index (κ1) is 16.2. The zero-order chi connectivity index (χ0) is 14.5. The lowest BCUT2D eigenvalue weighted by molar-refractivity contribution is 0.0989. The van der Waals surface area contributed by atoms with Gasteiger partial charge >= 0.3 is 0 Å². The van der Waals surface area contributed by atoms with Gasteiger partial charge in [0.25, 0.3) is 0 Å². The molecule has 0 aliphatic carbocycles. The molecule has 108 valence electrons. The summed E-state index contributed by atoms with van der Waals surface area (Å²) in [6, 6.07) is 8.51. The molecular weight excluding hydrogens is 232 g/mol. The molecule has 0 spiro atoms. The van der Waals surface area contributed by atoms with Gasteiger partial charge < -0.3 is 5.11 Å². The second-order valence-corrected chi connectivity index (χ2v) is 6.63. The van der Waals surface area contributed by atoms with Gasteiger partial charge in [0.2, 0.25) is 0 Å². The van der Waals surface area contributed by atoms with Crippen LogP contribution >= 0.6 is 0 Å². The molecule has 2 atom stereocenters. The lowest BCUT2D eigenvalue weighted by atomic mass is 9.84. The molecule has 19 heavy (non-hydrogen) atoms. The van der Waals surface area contributed by atoms with Gasteiger partial charge in [-0.15, -0.1) is 0 Å². The first-order valence-electron chi connectivity index (χ1n) is 7.68. The monoisotopic (exact) mass is 262 g/mol. The predicted molar refractivity (Wildman–Crippen MR) is 83.4 cm³/mol. The van der Waals surface area contributed by atoms with Crippen LogP contribution in [0, 0.1) is 5.92 Å². The van der Waals surface area contributed by atoms with Crippen molar-refractivity contribution in [1.29, 1.82) is 0 Å². The summed E-state index contributed by atoms with van der Waals surface area (Å²) in [6.07, 6.45) is 4.25. The Hall–Kier alpha value is -0.820. The van der Waals surface area contributed by atoms with Gasteiger partial charge in [0.05, 0.1) is 6.10 Å². The molecule has 1 N–H and O–H groups in total. The minimum absolute atomic E-state index is 0.176. The van der Waals surface area contributed by atoms with Gasteiger partial charge in [-0.25, -0.2) is 0 Å². The summed E-state index contributed by atoms with van der Waals surface area (Å²) in [7, 11) is 0. The fraction of sp³-hybridized carbons (Fsp3) is 0.667. The first-order chi connectivity index (χ1) is 8.90. The quantitative estimate of drug-likeness (QED) is 0.744. The Labute approximate surface area is 119 Å². The van der Waals surface area contributed by atoms with E-state index in [9.17, 15) is 5.11 Å². The lowest BCUT2D eigenvalue weighted by Gasteiger charge is -2.24. The second kappa shape index (κ2) is 7.09. The van der Waals surface area contributed by atoms with Crippen molar-refractivity contribution in [2.75, 3.05) is 0 Å². The summed E-state index contributed by atoms with van der Waals surface area (Å²) in [5, 5.41) is 10.5. The zero-order valence-corrected chi connectivity index (χ0v) is 13.2. The Morgan fingerprint density at radius 3 is 2.05 bits per heavy atom. The van der Waals surface area contributed by atoms with Gasteiger partial charge in [0.1, 0.15) is 0 Å². The average molecular weight is 262 g/mol. The van der Waals surface area contributed by atoms with Crippen LogP contribution in [0.25, 0.3) is 0 Å². The van der Waals surface area contributed by atoms with Crippen LogP contribution < -0.4 is 0 Å². The highest BCUT2D eigenvalue weighted by Crippen LogP contribution is 2.30. The standard InChI is InChI=1S/C18H30O/c1-6-8-9-14(7-2)17(19)15-10-12-16(13-11-15)18(3,4)5/h10-14,17,19H,6-9H2,1-5H3. The van der Waals surface area contributed by atoms with E-state index in [0.717, 1.165) is 18.4 Å². The van der Waals surface area contributed by atoms with Crippen LogP contribution in [-0.2, 0) is 5.41 Å². The number of benzene rings is 1. The van der Waals surface area contributed by atoms with Crippen LogP contribution in [0.1, 0.15) is 77.5 Å². The van der Waals surface area contributed by atoms with E-state index < -0.39 is 0 Å². The fourth-order valence-corrected chi connectivity index (χ4v) is 2.50. The minimum atomic E-state index is -0.314. The van der Waals surface area contributed by atoms with Gasteiger partial charge in [-0.1, -0.05) is 78.1 Å². The predicted octanol–water partition coefficient (Wildman–Crippen LogP) is 5.23. The molecule has 0 saturated carbocycles. The highest BCUT2D eigenvalue weighted by molar-refractivity contribution is 5.28. The van der Waals surface area contributed by atoms with Crippen LogP contribution in [0.4, 0.5) is 0 Å². The van der Waals surface area contributed by atoms with Crippen molar-refractivity contribution in [3.05, 3.63) is 35.4 Å². The number of hydrogen-bond acceptors (Lipinski definition) is 1. The highest BCUT2D eigenvalue weighted by Gasteiger charge is 2.20. The highest BCUT2D eigenvalue weighted by atomic mass is 16.3. The average Bonchev–Trinajstić information content (AvgIpc) is 2.38. The Bertz CT molecular complexity index is 358. The third kappa shape index (κ3) is 4.65. The smallest absolute Gasteiger partial charge is 0.0818 e.